The van der Waals surface area contributed by atoms with Crippen molar-refractivity contribution in [3.8, 4) is 0 Å². The Hall–Kier alpha value is -0.170. The zero-order chi connectivity index (χ0) is 14.3. The number of nitrogens with zero attached hydrogens (tertiary/aromatic N) is 1. The minimum atomic E-state index is -3.44. The van der Waals surface area contributed by atoms with E-state index in [9.17, 15) is 13.5 Å². The van der Waals surface area contributed by atoms with Gasteiger partial charge in [-0.1, -0.05) is 33.1 Å². The highest BCUT2D eigenvalue weighted by Crippen LogP contribution is 2.41. The van der Waals surface area contributed by atoms with E-state index in [2.05, 4.69) is 4.72 Å². The van der Waals surface area contributed by atoms with Crippen molar-refractivity contribution in [2.24, 2.45) is 5.41 Å². The lowest BCUT2D eigenvalue weighted by Crippen LogP contribution is -2.63. The van der Waals surface area contributed by atoms with Crippen molar-refractivity contribution in [2.75, 3.05) is 7.05 Å². The van der Waals surface area contributed by atoms with Crippen molar-refractivity contribution in [3.05, 3.63) is 0 Å². The summed E-state index contributed by atoms with van der Waals surface area (Å²) in [5.41, 5.74) is -0.375. The lowest BCUT2D eigenvalue weighted by Gasteiger charge is -2.49. The van der Waals surface area contributed by atoms with E-state index in [0.29, 0.717) is 6.42 Å². The molecule has 2 aliphatic rings. The predicted molar refractivity (Wildman–Crippen MR) is 74.9 cm³/mol. The van der Waals surface area contributed by atoms with Gasteiger partial charge >= 0.3 is 0 Å². The Labute approximate surface area is 116 Å². The Bertz CT molecular complexity index is 416. The first-order valence-corrected chi connectivity index (χ1v) is 8.62. The highest BCUT2D eigenvalue weighted by atomic mass is 32.2. The van der Waals surface area contributed by atoms with Gasteiger partial charge in [0.1, 0.15) is 0 Å². The Morgan fingerprint density at radius 1 is 1.21 bits per heavy atom. The first kappa shape index (κ1) is 15.2. The fourth-order valence-electron chi connectivity index (χ4n) is 3.01. The molecule has 0 radical (unpaired) electrons. The van der Waals surface area contributed by atoms with Gasteiger partial charge in [0.2, 0.25) is 0 Å². The maximum atomic E-state index is 12.4. The molecule has 0 amide bonds. The smallest absolute Gasteiger partial charge is 0.279 e. The number of nitrogens with one attached hydrogen (secondary N) is 1. The second-order valence-electron chi connectivity index (χ2n) is 6.56. The molecule has 112 valence electrons. The van der Waals surface area contributed by atoms with Gasteiger partial charge in [-0.2, -0.15) is 17.4 Å². The Kier molecular flexibility index (Phi) is 4.26. The van der Waals surface area contributed by atoms with E-state index >= 15 is 0 Å². The fraction of sp³-hybridized carbons (Fsp3) is 1.00. The average Bonchev–Trinajstić information content (AvgIpc) is 2.38. The molecule has 2 fully saturated rings. The third-order valence-corrected chi connectivity index (χ3v) is 6.61. The molecular formula is C13H26N2O3S. The summed E-state index contributed by atoms with van der Waals surface area (Å²) >= 11 is 0. The van der Waals surface area contributed by atoms with E-state index in [4.69, 9.17) is 0 Å². The molecule has 2 N–H and O–H groups in total. The molecule has 0 spiro atoms. The van der Waals surface area contributed by atoms with Crippen LogP contribution in [-0.2, 0) is 10.2 Å². The van der Waals surface area contributed by atoms with Crippen LogP contribution >= 0.6 is 0 Å². The first-order valence-electron chi connectivity index (χ1n) is 7.18. The van der Waals surface area contributed by atoms with E-state index < -0.39 is 16.3 Å². The van der Waals surface area contributed by atoms with Crippen LogP contribution in [0.5, 0.6) is 0 Å². The zero-order valence-corrected chi connectivity index (χ0v) is 12.9. The number of aliphatic hydroxyl groups excluding tert-OH is 1. The van der Waals surface area contributed by atoms with Gasteiger partial charge in [-0.3, -0.25) is 0 Å². The van der Waals surface area contributed by atoms with Gasteiger partial charge in [0.25, 0.3) is 10.2 Å². The van der Waals surface area contributed by atoms with Crippen molar-refractivity contribution in [2.45, 2.75) is 70.6 Å². The van der Waals surface area contributed by atoms with E-state index in [1.807, 2.05) is 13.8 Å². The number of rotatable bonds is 4. The zero-order valence-electron chi connectivity index (χ0n) is 12.1. The molecule has 5 nitrogen and oxygen atoms in total. The van der Waals surface area contributed by atoms with Crippen LogP contribution in [0, 0.1) is 5.41 Å². The highest BCUT2D eigenvalue weighted by molar-refractivity contribution is 7.87. The van der Waals surface area contributed by atoms with Gasteiger partial charge in [-0.25, -0.2) is 0 Å². The summed E-state index contributed by atoms with van der Waals surface area (Å²) in [6.07, 6.45) is 5.42. The second-order valence-corrected chi connectivity index (χ2v) is 8.32. The van der Waals surface area contributed by atoms with Crippen LogP contribution in [0.3, 0.4) is 0 Å². The van der Waals surface area contributed by atoms with Crippen LogP contribution in [0.1, 0.15) is 52.4 Å². The van der Waals surface area contributed by atoms with E-state index in [0.717, 1.165) is 25.7 Å². The van der Waals surface area contributed by atoms with Crippen LogP contribution in [0.4, 0.5) is 0 Å². The predicted octanol–water partition coefficient (Wildman–Crippen LogP) is 1.24. The minimum Gasteiger partial charge on any atom is -0.392 e. The van der Waals surface area contributed by atoms with Gasteiger partial charge in [-0.15, -0.1) is 0 Å². The maximum Gasteiger partial charge on any atom is 0.279 e. The van der Waals surface area contributed by atoms with Crippen molar-refractivity contribution in [3.63, 3.8) is 0 Å². The van der Waals surface area contributed by atoms with E-state index in [1.54, 1.807) is 7.05 Å². The van der Waals surface area contributed by atoms with E-state index in [1.165, 1.54) is 10.7 Å². The molecule has 19 heavy (non-hydrogen) atoms. The van der Waals surface area contributed by atoms with Crippen LogP contribution in [0.25, 0.3) is 0 Å². The number of hydrogen-bond donors (Lipinski definition) is 2. The Morgan fingerprint density at radius 3 is 2.26 bits per heavy atom. The fourth-order valence-corrected chi connectivity index (χ4v) is 4.54. The Morgan fingerprint density at radius 2 is 1.79 bits per heavy atom. The summed E-state index contributed by atoms with van der Waals surface area (Å²) in [5.74, 6) is 0. The average molecular weight is 290 g/mol. The summed E-state index contributed by atoms with van der Waals surface area (Å²) in [5, 5.41) is 9.68. The monoisotopic (exact) mass is 290 g/mol. The molecule has 2 atom stereocenters. The lowest BCUT2D eigenvalue weighted by molar-refractivity contribution is -0.0650. The molecule has 2 saturated carbocycles. The van der Waals surface area contributed by atoms with Gasteiger partial charge < -0.3 is 5.11 Å². The molecule has 0 aromatic carbocycles. The molecule has 0 aromatic heterocycles. The third-order valence-electron chi connectivity index (χ3n) is 4.98. The lowest BCUT2D eigenvalue weighted by atomic mass is 9.65. The van der Waals surface area contributed by atoms with Crippen molar-refractivity contribution in [1.82, 2.24) is 9.03 Å². The number of hydrogen-bond acceptors (Lipinski definition) is 3. The molecule has 0 bridgehead atoms. The third kappa shape index (κ3) is 2.96. The van der Waals surface area contributed by atoms with Crippen molar-refractivity contribution in [1.29, 1.82) is 0 Å². The standard InChI is InChI=1S/C13H26N2O3S/c1-13(2)11(9-12(13)16)14-19(17,18)15(3)10-7-5-4-6-8-10/h10-12,14,16H,4-9H2,1-3H3. The molecule has 0 aromatic rings. The molecular weight excluding hydrogens is 264 g/mol. The minimum absolute atomic E-state index is 0.124. The van der Waals surface area contributed by atoms with Crippen molar-refractivity contribution >= 4 is 10.2 Å². The first-order chi connectivity index (χ1) is 8.75. The molecule has 0 aliphatic heterocycles. The summed E-state index contributed by atoms with van der Waals surface area (Å²) in [4.78, 5) is 0. The van der Waals surface area contributed by atoms with Crippen LogP contribution in [0.15, 0.2) is 0 Å². The molecule has 2 aliphatic carbocycles. The molecule has 2 rings (SSSR count). The molecule has 0 heterocycles. The van der Waals surface area contributed by atoms with Gasteiger partial charge in [0, 0.05) is 24.5 Å². The quantitative estimate of drug-likeness (QED) is 0.818. The molecule has 0 saturated heterocycles. The summed E-state index contributed by atoms with van der Waals surface area (Å²) in [7, 11) is -1.78. The van der Waals surface area contributed by atoms with Crippen LogP contribution in [-0.4, -0.2) is 43.1 Å². The SMILES string of the molecule is CN(C1CCCCC1)S(=O)(=O)NC1CC(O)C1(C)C. The maximum absolute atomic E-state index is 12.4. The molecule has 6 heteroatoms. The second kappa shape index (κ2) is 5.31. The van der Waals surface area contributed by atoms with E-state index in [-0.39, 0.29) is 17.5 Å². The number of aliphatic hydroxyl groups is 1. The normalized spacial score (nSPS) is 32.3. The Balaban J connectivity index is 1.98. The van der Waals surface area contributed by atoms with Crippen molar-refractivity contribution < 1.29 is 13.5 Å². The van der Waals surface area contributed by atoms with Crippen LogP contribution < -0.4 is 4.72 Å². The topological polar surface area (TPSA) is 69.6 Å². The highest BCUT2D eigenvalue weighted by Gasteiger charge is 2.49. The van der Waals surface area contributed by atoms with Gasteiger partial charge in [0.05, 0.1) is 6.10 Å². The summed E-state index contributed by atoms with van der Waals surface area (Å²) in [6, 6.07) is -0.0436. The van der Waals surface area contributed by atoms with Crippen LogP contribution in [0.2, 0.25) is 0 Å². The molecule has 2 unspecified atom stereocenters. The largest absolute Gasteiger partial charge is 0.392 e. The van der Waals surface area contributed by atoms with Gasteiger partial charge in [0.15, 0.2) is 0 Å². The van der Waals surface area contributed by atoms with Gasteiger partial charge in [-0.05, 0) is 19.3 Å². The summed E-state index contributed by atoms with van der Waals surface area (Å²) in [6.45, 7) is 3.80. The summed E-state index contributed by atoms with van der Waals surface area (Å²) < 4.78 is 29.0.